The molecule has 2 amide bonds. The highest BCUT2D eigenvalue weighted by atomic mass is 32.1. The van der Waals surface area contributed by atoms with Crippen LogP contribution in [-0.2, 0) is 29.1 Å². The van der Waals surface area contributed by atoms with Gasteiger partial charge in [-0.3, -0.25) is 9.59 Å². The minimum atomic E-state index is -0.0650. The third kappa shape index (κ3) is 5.02. The molecule has 7 heteroatoms. The second kappa shape index (κ2) is 9.62. The first kappa shape index (κ1) is 20.9. The van der Waals surface area contributed by atoms with Crippen LogP contribution in [0.4, 0.5) is 5.69 Å². The summed E-state index contributed by atoms with van der Waals surface area (Å²) in [5, 5.41) is 5.10. The molecule has 0 bridgehead atoms. The predicted molar refractivity (Wildman–Crippen MR) is 121 cm³/mol. The highest BCUT2D eigenvalue weighted by molar-refractivity contribution is 7.10. The van der Waals surface area contributed by atoms with Crippen molar-refractivity contribution < 1.29 is 9.59 Å². The molecule has 2 aliphatic heterocycles. The Morgan fingerprint density at radius 3 is 2.67 bits per heavy atom. The molecule has 1 aromatic heterocycles. The van der Waals surface area contributed by atoms with E-state index in [9.17, 15) is 9.59 Å². The lowest BCUT2D eigenvalue weighted by Crippen LogP contribution is -2.45. The third-order valence-electron chi connectivity index (χ3n) is 6.04. The maximum Gasteiger partial charge on any atom is 0.223 e. The highest BCUT2D eigenvalue weighted by Gasteiger charge is 2.22. The van der Waals surface area contributed by atoms with Gasteiger partial charge in [0, 0.05) is 69.2 Å². The van der Waals surface area contributed by atoms with Crippen molar-refractivity contribution in [3.8, 4) is 0 Å². The summed E-state index contributed by atoms with van der Waals surface area (Å²) < 4.78 is 0. The van der Waals surface area contributed by atoms with E-state index in [1.807, 2.05) is 11.0 Å². The Balaban J connectivity index is 1.25. The van der Waals surface area contributed by atoms with Gasteiger partial charge < -0.3 is 20.0 Å². The molecule has 2 aromatic rings. The van der Waals surface area contributed by atoms with E-state index in [1.165, 1.54) is 16.1 Å². The first-order chi connectivity index (χ1) is 14.6. The molecule has 160 valence electrons. The molecular formula is C23H30N4O2S. The Morgan fingerprint density at radius 1 is 1.03 bits per heavy atom. The first-order valence-corrected chi connectivity index (χ1v) is 11.6. The minimum Gasteiger partial charge on any atom is -0.369 e. The van der Waals surface area contributed by atoms with Gasteiger partial charge in [0.25, 0.3) is 0 Å². The summed E-state index contributed by atoms with van der Waals surface area (Å²) in [5.41, 5.74) is 3.58. The fourth-order valence-corrected chi connectivity index (χ4v) is 5.03. The molecule has 0 radical (unpaired) electrons. The van der Waals surface area contributed by atoms with Crippen LogP contribution < -0.4 is 10.2 Å². The summed E-state index contributed by atoms with van der Waals surface area (Å²) in [6.45, 7) is 6.02. The van der Waals surface area contributed by atoms with E-state index in [2.05, 4.69) is 51.8 Å². The van der Waals surface area contributed by atoms with Crippen molar-refractivity contribution in [3.05, 3.63) is 51.7 Å². The Morgan fingerprint density at radius 2 is 1.83 bits per heavy atom. The van der Waals surface area contributed by atoms with Gasteiger partial charge in [0.2, 0.25) is 11.8 Å². The van der Waals surface area contributed by atoms with Gasteiger partial charge in [-0.05, 0) is 42.1 Å². The van der Waals surface area contributed by atoms with Crippen molar-refractivity contribution in [2.75, 3.05) is 44.7 Å². The number of carbonyl (C=O) groups is 2. The Labute approximate surface area is 182 Å². The van der Waals surface area contributed by atoms with Crippen LogP contribution in [0.25, 0.3) is 0 Å². The number of hydrogen-bond donors (Lipinski definition) is 1. The average molecular weight is 427 g/mol. The average Bonchev–Trinajstić information content (AvgIpc) is 3.25. The standard InChI is InChI=1S/C23H30N4O2S/c1-25-11-13-26(14-12-25)20-5-3-2-4-18(20)16-24-22(28)6-7-23(29)27-10-8-21-19(17-27)9-15-30-21/h2-5,9,15H,6-8,10-14,16-17H2,1H3,(H,24,28). The first-order valence-electron chi connectivity index (χ1n) is 10.7. The van der Waals surface area contributed by atoms with Gasteiger partial charge in [-0.15, -0.1) is 11.3 Å². The molecular weight excluding hydrogens is 396 g/mol. The maximum absolute atomic E-state index is 12.5. The summed E-state index contributed by atoms with van der Waals surface area (Å²) >= 11 is 1.77. The molecule has 1 fully saturated rings. The number of carbonyl (C=O) groups excluding carboxylic acids is 2. The monoisotopic (exact) mass is 426 g/mol. The predicted octanol–water partition coefficient (Wildman–Crippen LogP) is 2.48. The maximum atomic E-state index is 12.5. The van der Waals surface area contributed by atoms with Crippen LogP contribution in [0.3, 0.4) is 0 Å². The smallest absolute Gasteiger partial charge is 0.223 e. The number of amides is 2. The number of rotatable bonds is 6. The Bertz CT molecular complexity index is 889. The van der Waals surface area contributed by atoms with Crippen molar-refractivity contribution in [1.29, 1.82) is 0 Å². The quantitative estimate of drug-likeness (QED) is 0.771. The molecule has 1 N–H and O–H groups in total. The van der Waals surface area contributed by atoms with Gasteiger partial charge in [-0.2, -0.15) is 0 Å². The van der Waals surface area contributed by atoms with Gasteiger partial charge in [0.1, 0.15) is 0 Å². The SMILES string of the molecule is CN1CCN(c2ccccc2CNC(=O)CCC(=O)N2CCc3sccc3C2)CC1. The molecule has 4 rings (SSSR count). The van der Waals surface area contributed by atoms with E-state index in [-0.39, 0.29) is 24.7 Å². The number of fused-ring (bicyclic) bond motifs is 1. The molecule has 30 heavy (non-hydrogen) atoms. The lowest BCUT2D eigenvalue weighted by molar-refractivity contribution is -0.134. The highest BCUT2D eigenvalue weighted by Crippen LogP contribution is 2.24. The molecule has 1 aromatic carbocycles. The molecule has 0 atom stereocenters. The summed E-state index contributed by atoms with van der Waals surface area (Å²) in [6.07, 6.45) is 1.43. The third-order valence-corrected chi connectivity index (χ3v) is 7.06. The number of anilines is 1. The molecule has 0 spiro atoms. The zero-order valence-corrected chi connectivity index (χ0v) is 18.4. The largest absolute Gasteiger partial charge is 0.369 e. The Hall–Kier alpha value is -2.38. The summed E-state index contributed by atoms with van der Waals surface area (Å²) in [4.78, 5) is 32.9. The number of para-hydroxylation sites is 1. The van der Waals surface area contributed by atoms with E-state index in [0.717, 1.165) is 44.7 Å². The van der Waals surface area contributed by atoms with E-state index >= 15 is 0 Å². The van der Waals surface area contributed by atoms with E-state index in [1.54, 1.807) is 11.3 Å². The van der Waals surface area contributed by atoms with Gasteiger partial charge >= 0.3 is 0 Å². The number of hydrogen-bond acceptors (Lipinski definition) is 5. The van der Waals surface area contributed by atoms with E-state index in [4.69, 9.17) is 0 Å². The zero-order chi connectivity index (χ0) is 20.9. The van der Waals surface area contributed by atoms with Crippen LogP contribution >= 0.6 is 11.3 Å². The summed E-state index contributed by atoms with van der Waals surface area (Å²) in [6, 6.07) is 10.4. The van der Waals surface area contributed by atoms with Crippen LogP contribution in [0.5, 0.6) is 0 Å². The summed E-state index contributed by atoms with van der Waals surface area (Å²) in [7, 11) is 2.15. The number of likely N-dealkylation sites (N-methyl/N-ethyl adjacent to an activating group) is 1. The molecule has 2 aliphatic rings. The summed E-state index contributed by atoms with van der Waals surface area (Å²) in [5.74, 6) is 0.00426. The van der Waals surface area contributed by atoms with Gasteiger partial charge in [0.15, 0.2) is 0 Å². The van der Waals surface area contributed by atoms with Gasteiger partial charge in [-0.1, -0.05) is 18.2 Å². The molecule has 1 saturated heterocycles. The number of nitrogens with one attached hydrogen (secondary N) is 1. The molecule has 0 unspecified atom stereocenters. The van der Waals surface area contributed by atoms with Crippen LogP contribution in [-0.4, -0.2) is 61.4 Å². The van der Waals surface area contributed by atoms with Crippen molar-refractivity contribution in [1.82, 2.24) is 15.1 Å². The van der Waals surface area contributed by atoms with Crippen molar-refractivity contribution in [2.24, 2.45) is 0 Å². The lowest BCUT2D eigenvalue weighted by atomic mass is 10.1. The van der Waals surface area contributed by atoms with Crippen molar-refractivity contribution >= 4 is 28.8 Å². The van der Waals surface area contributed by atoms with Crippen LogP contribution in [0.1, 0.15) is 28.8 Å². The lowest BCUT2D eigenvalue weighted by Gasteiger charge is -2.35. The second-order valence-corrected chi connectivity index (χ2v) is 9.13. The van der Waals surface area contributed by atoms with E-state index < -0.39 is 0 Å². The number of piperazine rings is 1. The molecule has 0 aliphatic carbocycles. The molecule has 3 heterocycles. The molecule has 6 nitrogen and oxygen atoms in total. The topological polar surface area (TPSA) is 55.9 Å². The minimum absolute atomic E-state index is 0.0650. The number of benzene rings is 1. The van der Waals surface area contributed by atoms with E-state index in [0.29, 0.717) is 13.1 Å². The fraction of sp³-hybridized carbons (Fsp3) is 0.478. The number of thiophene rings is 1. The second-order valence-electron chi connectivity index (χ2n) is 8.13. The number of nitrogens with zero attached hydrogens (tertiary/aromatic N) is 3. The van der Waals surface area contributed by atoms with Crippen molar-refractivity contribution in [2.45, 2.75) is 32.4 Å². The van der Waals surface area contributed by atoms with Crippen LogP contribution in [0.15, 0.2) is 35.7 Å². The van der Waals surface area contributed by atoms with Gasteiger partial charge in [-0.25, -0.2) is 0 Å². The van der Waals surface area contributed by atoms with Crippen LogP contribution in [0.2, 0.25) is 0 Å². The molecule has 0 saturated carbocycles. The van der Waals surface area contributed by atoms with Gasteiger partial charge in [0.05, 0.1) is 0 Å². The van der Waals surface area contributed by atoms with Crippen molar-refractivity contribution in [3.63, 3.8) is 0 Å². The Kier molecular flexibility index (Phi) is 6.69. The zero-order valence-electron chi connectivity index (χ0n) is 17.6. The normalized spacial score (nSPS) is 17.0. The fourth-order valence-electron chi connectivity index (χ4n) is 4.14. The van der Waals surface area contributed by atoms with Crippen LogP contribution in [0, 0.1) is 0 Å².